The lowest BCUT2D eigenvalue weighted by Gasteiger charge is -2.72. The van der Waals surface area contributed by atoms with Crippen molar-refractivity contribution in [1.29, 1.82) is 0 Å². The number of aliphatic hydroxyl groups excluding tert-OH is 1. The van der Waals surface area contributed by atoms with Crippen LogP contribution in [-0.4, -0.2) is 103 Å². The molecular weight excluding hydrogens is 772 g/mol. The predicted octanol–water partition coefficient (Wildman–Crippen LogP) is 4.52. The summed E-state index contributed by atoms with van der Waals surface area (Å²) in [5.74, 6) is -5.11. The van der Waals surface area contributed by atoms with Crippen LogP contribution in [0.2, 0.25) is 0 Å². The normalized spacial score (nSPS) is 40.9. The number of carbonyl (C=O) groups excluding carboxylic acids is 7. The monoisotopic (exact) mass is 836 g/mol. The Kier molecular flexibility index (Phi) is 13.3. The van der Waals surface area contributed by atoms with Gasteiger partial charge in [0.05, 0.1) is 6.10 Å². The van der Waals surface area contributed by atoms with Crippen molar-refractivity contribution in [1.82, 2.24) is 0 Å². The van der Waals surface area contributed by atoms with E-state index in [0.717, 1.165) is 59.8 Å². The SMILES string of the molecule is CC(=O)OC[C@H]1O[C@@H](OC(=O)[C@]2(COC(C)=O)CC[C@]3(C)[C@H](CC[C@@H]4[C@@]5(C)CC[C@H](OC(C)=O)C(C)(C)[C@@H]5CC[C@]43C)[C@@H]2O)[C@H](OC(C)=O)[C@@H](OC(C)=O)[C@H]1OC(C)=O. The number of rotatable bonds is 10. The molecule has 0 aromatic heterocycles. The van der Waals surface area contributed by atoms with E-state index in [0.29, 0.717) is 18.8 Å². The Bertz CT molecular complexity index is 1680. The Hall–Kier alpha value is -3.79. The van der Waals surface area contributed by atoms with E-state index in [4.69, 9.17) is 37.9 Å². The highest BCUT2D eigenvalue weighted by atomic mass is 16.7. The lowest BCUT2D eigenvalue weighted by Crippen LogP contribution is -2.69. The molecular formula is C43H64O16. The molecule has 0 spiro atoms. The van der Waals surface area contributed by atoms with Crippen LogP contribution in [0.15, 0.2) is 0 Å². The molecule has 4 saturated carbocycles. The number of esters is 7. The van der Waals surface area contributed by atoms with Crippen molar-refractivity contribution in [2.24, 2.45) is 44.8 Å². The zero-order chi connectivity index (χ0) is 44.0. The topological polar surface area (TPSA) is 214 Å². The molecule has 1 heterocycles. The van der Waals surface area contributed by atoms with E-state index < -0.39 is 103 Å². The van der Waals surface area contributed by atoms with Crippen molar-refractivity contribution in [2.75, 3.05) is 13.2 Å². The van der Waals surface area contributed by atoms with Crippen LogP contribution in [0, 0.1) is 44.8 Å². The minimum Gasteiger partial charge on any atom is -0.465 e. The summed E-state index contributed by atoms with van der Waals surface area (Å²) in [5.41, 5.74) is -2.85. The first-order chi connectivity index (χ1) is 27.3. The average molecular weight is 837 g/mol. The molecule has 5 fully saturated rings. The molecule has 14 atom stereocenters. The molecule has 0 bridgehead atoms. The summed E-state index contributed by atoms with van der Waals surface area (Å²) in [5, 5.41) is 12.7. The van der Waals surface area contributed by atoms with Crippen LogP contribution in [0.1, 0.15) is 128 Å². The summed E-state index contributed by atoms with van der Waals surface area (Å²) in [4.78, 5) is 88.3. The number of fused-ring (bicyclic) bond motifs is 5. The third-order valence-corrected chi connectivity index (χ3v) is 15.3. The number of aliphatic hydroxyl groups is 1. The van der Waals surface area contributed by atoms with Crippen molar-refractivity contribution < 1.29 is 76.6 Å². The fraction of sp³-hybridized carbons (Fsp3) is 0.837. The smallest absolute Gasteiger partial charge is 0.320 e. The molecule has 1 saturated heterocycles. The molecule has 0 unspecified atom stereocenters. The van der Waals surface area contributed by atoms with E-state index in [-0.39, 0.29) is 40.7 Å². The van der Waals surface area contributed by atoms with E-state index in [1.54, 1.807) is 0 Å². The van der Waals surface area contributed by atoms with Gasteiger partial charge >= 0.3 is 41.8 Å². The van der Waals surface area contributed by atoms with Crippen LogP contribution in [0.25, 0.3) is 0 Å². The molecule has 5 aliphatic rings. The zero-order valence-corrected chi connectivity index (χ0v) is 36.4. The second-order valence-electron chi connectivity index (χ2n) is 19.0. The second-order valence-corrected chi connectivity index (χ2v) is 19.0. The Balaban J connectivity index is 1.49. The molecule has 16 heteroatoms. The minimum absolute atomic E-state index is 0.0566. The van der Waals surface area contributed by atoms with E-state index >= 15 is 0 Å². The summed E-state index contributed by atoms with van der Waals surface area (Å²) in [6.45, 7) is 17.3. The molecule has 0 radical (unpaired) electrons. The van der Waals surface area contributed by atoms with Gasteiger partial charge in [-0.3, -0.25) is 33.6 Å². The Labute approximate surface area is 346 Å². The molecule has 1 aliphatic heterocycles. The first-order valence-electron chi connectivity index (χ1n) is 20.8. The molecule has 1 N–H and O–H groups in total. The summed E-state index contributed by atoms with van der Waals surface area (Å²) in [6.07, 6.45) is -4.21. The fourth-order valence-electron chi connectivity index (χ4n) is 12.5. The maximum Gasteiger partial charge on any atom is 0.320 e. The average Bonchev–Trinajstić information content (AvgIpc) is 3.10. The van der Waals surface area contributed by atoms with Gasteiger partial charge in [-0.1, -0.05) is 34.6 Å². The van der Waals surface area contributed by atoms with Crippen molar-refractivity contribution >= 4 is 41.8 Å². The quantitative estimate of drug-likeness (QED) is 0.237. The molecule has 16 nitrogen and oxygen atoms in total. The third kappa shape index (κ3) is 8.45. The largest absolute Gasteiger partial charge is 0.465 e. The predicted molar refractivity (Wildman–Crippen MR) is 204 cm³/mol. The molecule has 59 heavy (non-hydrogen) atoms. The Morgan fingerprint density at radius 3 is 1.73 bits per heavy atom. The van der Waals surface area contributed by atoms with Gasteiger partial charge in [-0.25, -0.2) is 0 Å². The van der Waals surface area contributed by atoms with Crippen LogP contribution >= 0.6 is 0 Å². The summed E-state index contributed by atoms with van der Waals surface area (Å²) in [6, 6.07) is 0. The lowest BCUT2D eigenvalue weighted by atomic mass is 9.33. The highest BCUT2D eigenvalue weighted by molar-refractivity contribution is 5.79. The van der Waals surface area contributed by atoms with Crippen molar-refractivity contribution in [3.8, 4) is 0 Å². The number of carbonyl (C=O) groups is 7. The van der Waals surface area contributed by atoms with Gasteiger partial charge in [-0.15, -0.1) is 0 Å². The standard InChI is InChI=1S/C43H64O16/c1-22(44)52-20-29-33(55-25(4)47)34(56-26(5)48)35(57-27(6)49)37(58-29)59-38(51)43(21-53-23(2)45)19-18-41(10)28(36(43)50)12-13-31-40(9)16-15-32(54-24(3)46)39(7,8)30(40)14-17-42(31,41)11/h28-37,50H,12-21H2,1-11H3/t28-,29-,30+,31-,32+,33+,34+,35-,36+,37+,40+,41-,42-,43+/m1/s1. The van der Waals surface area contributed by atoms with E-state index in [9.17, 15) is 38.7 Å². The van der Waals surface area contributed by atoms with Crippen LogP contribution in [0.3, 0.4) is 0 Å². The lowest BCUT2D eigenvalue weighted by molar-refractivity contribution is -0.308. The highest BCUT2D eigenvalue weighted by Crippen LogP contribution is 2.75. The van der Waals surface area contributed by atoms with Crippen LogP contribution in [0.4, 0.5) is 0 Å². The van der Waals surface area contributed by atoms with Gasteiger partial charge in [-0.2, -0.15) is 0 Å². The summed E-state index contributed by atoms with van der Waals surface area (Å²) in [7, 11) is 0. The Morgan fingerprint density at radius 2 is 1.15 bits per heavy atom. The van der Waals surface area contributed by atoms with Crippen LogP contribution < -0.4 is 0 Å². The highest BCUT2D eigenvalue weighted by Gasteiger charge is 2.71. The minimum atomic E-state index is -1.83. The summed E-state index contributed by atoms with van der Waals surface area (Å²) >= 11 is 0. The van der Waals surface area contributed by atoms with Gasteiger partial charge in [0.15, 0.2) is 12.2 Å². The third-order valence-electron chi connectivity index (χ3n) is 15.3. The molecule has 5 rings (SSSR count). The molecule has 332 valence electrons. The fourth-order valence-corrected chi connectivity index (χ4v) is 12.5. The van der Waals surface area contributed by atoms with E-state index in [1.165, 1.54) is 13.8 Å². The van der Waals surface area contributed by atoms with Crippen LogP contribution in [0.5, 0.6) is 0 Å². The van der Waals surface area contributed by atoms with E-state index in [1.807, 2.05) is 0 Å². The zero-order valence-electron chi connectivity index (χ0n) is 36.4. The van der Waals surface area contributed by atoms with Crippen molar-refractivity contribution in [2.45, 2.75) is 170 Å². The van der Waals surface area contributed by atoms with Crippen LogP contribution in [-0.2, 0) is 71.5 Å². The van der Waals surface area contributed by atoms with Gasteiger partial charge in [0.2, 0.25) is 12.4 Å². The maximum absolute atomic E-state index is 14.9. The second kappa shape index (κ2) is 16.9. The molecule has 0 aromatic carbocycles. The van der Waals surface area contributed by atoms with Crippen molar-refractivity contribution in [3.05, 3.63) is 0 Å². The molecule has 4 aliphatic carbocycles. The molecule has 0 amide bonds. The van der Waals surface area contributed by atoms with Gasteiger partial charge in [0, 0.05) is 47.0 Å². The number of hydrogen-bond donors (Lipinski definition) is 1. The van der Waals surface area contributed by atoms with E-state index in [2.05, 4.69) is 34.6 Å². The molecule has 0 aromatic rings. The Morgan fingerprint density at radius 1 is 0.576 bits per heavy atom. The van der Waals surface area contributed by atoms with Gasteiger partial charge < -0.3 is 43.0 Å². The number of hydrogen-bond acceptors (Lipinski definition) is 16. The van der Waals surface area contributed by atoms with Gasteiger partial charge in [0.1, 0.15) is 30.8 Å². The first kappa shape index (κ1) is 46.3. The van der Waals surface area contributed by atoms with Crippen molar-refractivity contribution in [3.63, 3.8) is 0 Å². The van der Waals surface area contributed by atoms with Gasteiger partial charge in [0.25, 0.3) is 0 Å². The number of ether oxygens (including phenoxy) is 8. The maximum atomic E-state index is 14.9. The summed E-state index contributed by atoms with van der Waals surface area (Å²) < 4.78 is 45.2. The first-order valence-corrected chi connectivity index (χ1v) is 20.8. The van der Waals surface area contributed by atoms with Gasteiger partial charge in [-0.05, 0) is 85.4 Å².